The van der Waals surface area contributed by atoms with Crippen LogP contribution in [0.3, 0.4) is 0 Å². The van der Waals surface area contributed by atoms with E-state index in [1.807, 2.05) is 0 Å². The number of hydrogen-bond donors (Lipinski definition) is 3. The van der Waals surface area contributed by atoms with E-state index < -0.39 is 17.5 Å². The predicted molar refractivity (Wildman–Crippen MR) is 64.8 cm³/mol. The van der Waals surface area contributed by atoms with Crippen LogP contribution in [0.2, 0.25) is 0 Å². The monoisotopic (exact) mass is 242 g/mol. The van der Waals surface area contributed by atoms with Crippen LogP contribution in [-0.2, 0) is 4.79 Å². The molecule has 1 saturated carbocycles. The third kappa shape index (κ3) is 4.63. The molecule has 1 rings (SSSR count). The summed E-state index contributed by atoms with van der Waals surface area (Å²) in [4.78, 5) is 22.5. The van der Waals surface area contributed by atoms with Gasteiger partial charge in [0.2, 0.25) is 0 Å². The minimum Gasteiger partial charge on any atom is -0.480 e. The molecule has 0 bridgehead atoms. The minimum atomic E-state index is -1.18. The van der Waals surface area contributed by atoms with Gasteiger partial charge in [-0.25, -0.2) is 9.59 Å². The maximum absolute atomic E-state index is 11.5. The Hall–Kier alpha value is -1.26. The average Bonchev–Trinajstić information content (AvgIpc) is 3.07. The van der Waals surface area contributed by atoms with E-state index in [-0.39, 0.29) is 0 Å². The van der Waals surface area contributed by atoms with Crippen molar-refractivity contribution in [3.8, 4) is 0 Å². The molecule has 0 aliphatic heterocycles. The summed E-state index contributed by atoms with van der Waals surface area (Å²) in [7, 11) is 0. The Kier molecular flexibility index (Phi) is 4.78. The molecule has 0 aromatic carbocycles. The number of amides is 2. The number of hydrogen-bond acceptors (Lipinski definition) is 2. The number of nitrogens with one attached hydrogen (secondary N) is 2. The number of aliphatic carboxylic acids is 1. The van der Waals surface area contributed by atoms with Gasteiger partial charge < -0.3 is 15.7 Å². The Morgan fingerprint density at radius 2 is 2.06 bits per heavy atom. The van der Waals surface area contributed by atoms with E-state index in [1.165, 1.54) is 19.8 Å². The maximum atomic E-state index is 11.5. The fraction of sp³-hybridized carbons (Fsp3) is 0.833. The van der Waals surface area contributed by atoms with Gasteiger partial charge in [0.15, 0.2) is 0 Å². The number of rotatable bonds is 7. The summed E-state index contributed by atoms with van der Waals surface area (Å²) in [5.41, 5.74) is -1.18. The fourth-order valence-corrected chi connectivity index (χ4v) is 1.59. The molecule has 1 aliphatic rings. The molecule has 1 fully saturated rings. The molecule has 5 nitrogen and oxygen atoms in total. The average molecular weight is 242 g/mol. The quantitative estimate of drug-likeness (QED) is 0.595. The van der Waals surface area contributed by atoms with E-state index in [9.17, 15) is 9.59 Å². The van der Waals surface area contributed by atoms with Crippen LogP contribution < -0.4 is 10.6 Å². The Labute approximate surface area is 102 Å². The number of urea groups is 1. The molecule has 0 heterocycles. The van der Waals surface area contributed by atoms with Gasteiger partial charge in [0.1, 0.15) is 5.54 Å². The first-order chi connectivity index (χ1) is 7.98. The molecular formula is C12H22N2O3. The van der Waals surface area contributed by atoms with Gasteiger partial charge in [0.25, 0.3) is 0 Å². The number of carboxylic acids is 1. The van der Waals surface area contributed by atoms with Crippen LogP contribution in [0.4, 0.5) is 4.79 Å². The van der Waals surface area contributed by atoms with Gasteiger partial charge in [-0.1, -0.05) is 19.8 Å². The van der Waals surface area contributed by atoms with Crippen LogP contribution in [0.5, 0.6) is 0 Å². The van der Waals surface area contributed by atoms with Crippen LogP contribution in [0.15, 0.2) is 0 Å². The Morgan fingerprint density at radius 3 is 2.53 bits per heavy atom. The number of carbonyl (C=O) groups is 2. The topological polar surface area (TPSA) is 78.4 Å². The van der Waals surface area contributed by atoms with Crippen molar-refractivity contribution in [3.05, 3.63) is 0 Å². The largest absolute Gasteiger partial charge is 0.480 e. The Bertz CT molecular complexity index is 289. The second-order valence-electron chi connectivity index (χ2n) is 4.96. The first kappa shape index (κ1) is 13.8. The molecular weight excluding hydrogens is 220 g/mol. The van der Waals surface area contributed by atoms with E-state index in [4.69, 9.17) is 5.11 Å². The lowest BCUT2D eigenvalue weighted by Gasteiger charge is -2.24. The third-order valence-electron chi connectivity index (χ3n) is 3.34. The van der Waals surface area contributed by atoms with Gasteiger partial charge in [0.05, 0.1) is 0 Å². The van der Waals surface area contributed by atoms with Crippen LogP contribution in [0.25, 0.3) is 0 Å². The zero-order valence-corrected chi connectivity index (χ0v) is 10.6. The summed E-state index contributed by atoms with van der Waals surface area (Å²) in [5, 5.41) is 14.2. The predicted octanol–water partition coefficient (Wildman–Crippen LogP) is 1.73. The van der Waals surface area contributed by atoms with Crippen LogP contribution >= 0.6 is 0 Å². The van der Waals surface area contributed by atoms with Crippen molar-refractivity contribution in [1.29, 1.82) is 0 Å². The van der Waals surface area contributed by atoms with Gasteiger partial charge in [-0.3, -0.25) is 0 Å². The molecule has 0 aromatic rings. The van der Waals surface area contributed by atoms with Crippen molar-refractivity contribution >= 4 is 12.0 Å². The van der Waals surface area contributed by atoms with E-state index in [1.54, 1.807) is 6.92 Å². The van der Waals surface area contributed by atoms with Crippen molar-refractivity contribution < 1.29 is 14.7 Å². The summed E-state index contributed by atoms with van der Waals surface area (Å²) in [6, 6.07) is -0.396. The first-order valence-corrected chi connectivity index (χ1v) is 6.27. The molecule has 0 radical (unpaired) electrons. The number of carbonyl (C=O) groups excluding carboxylic acids is 1. The highest BCUT2D eigenvalue weighted by Crippen LogP contribution is 2.33. The lowest BCUT2D eigenvalue weighted by molar-refractivity contribution is -0.143. The van der Waals surface area contributed by atoms with Crippen molar-refractivity contribution in [2.75, 3.05) is 6.54 Å². The molecule has 1 atom stereocenters. The van der Waals surface area contributed by atoms with Crippen molar-refractivity contribution in [3.63, 3.8) is 0 Å². The fourth-order valence-electron chi connectivity index (χ4n) is 1.59. The lowest BCUT2D eigenvalue weighted by atomic mass is 10.00. The SMILES string of the molecule is CCC(C)(NC(=O)NCCCC1CC1)C(=O)O. The summed E-state index contributed by atoms with van der Waals surface area (Å²) in [6.45, 7) is 3.86. The zero-order chi connectivity index (χ0) is 12.9. The van der Waals surface area contributed by atoms with Crippen LogP contribution in [-0.4, -0.2) is 29.2 Å². The molecule has 0 saturated heterocycles. The molecule has 98 valence electrons. The third-order valence-corrected chi connectivity index (χ3v) is 3.34. The van der Waals surface area contributed by atoms with Crippen LogP contribution in [0.1, 0.15) is 46.0 Å². The maximum Gasteiger partial charge on any atom is 0.329 e. The van der Waals surface area contributed by atoms with Gasteiger partial charge in [-0.2, -0.15) is 0 Å². The van der Waals surface area contributed by atoms with Gasteiger partial charge in [0, 0.05) is 6.54 Å². The normalized spacial score (nSPS) is 18.2. The second-order valence-corrected chi connectivity index (χ2v) is 4.96. The Balaban J connectivity index is 2.19. The van der Waals surface area contributed by atoms with E-state index in [0.29, 0.717) is 13.0 Å². The summed E-state index contributed by atoms with van der Waals surface area (Å²) in [6.07, 6.45) is 5.12. The Morgan fingerprint density at radius 1 is 1.41 bits per heavy atom. The van der Waals surface area contributed by atoms with Gasteiger partial charge >= 0.3 is 12.0 Å². The highest BCUT2D eigenvalue weighted by Gasteiger charge is 2.32. The summed E-state index contributed by atoms with van der Waals surface area (Å²) < 4.78 is 0. The van der Waals surface area contributed by atoms with Crippen molar-refractivity contribution in [1.82, 2.24) is 10.6 Å². The smallest absolute Gasteiger partial charge is 0.329 e. The second kappa shape index (κ2) is 5.89. The molecule has 0 spiro atoms. The highest BCUT2D eigenvalue weighted by atomic mass is 16.4. The molecule has 3 N–H and O–H groups in total. The molecule has 2 amide bonds. The minimum absolute atomic E-state index is 0.359. The van der Waals surface area contributed by atoms with E-state index >= 15 is 0 Å². The highest BCUT2D eigenvalue weighted by molar-refractivity contribution is 5.85. The molecule has 1 unspecified atom stereocenters. The molecule has 17 heavy (non-hydrogen) atoms. The van der Waals surface area contributed by atoms with Crippen molar-refractivity contribution in [2.45, 2.75) is 51.5 Å². The van der Waals surface area contributed by atoms with E-state index in [0.717, 1.165) is 18.8 Å². The molecule has 0 aromatic heterocycles. The van der Waals surface area contributed by atoms with Crippen LogP contribution in [0, 0.1) is 5.92 Å². The van der Waals surface area contributed by atoms with Crippen molar-refractivity contribution in [2.24, 2.45) is 5.92 Å². The van der Waals surface area contributed by atoms with Gasteiger partial charge in [-0.15, -0.1) is 0 Å². The molecule has 5 heteroatoms. The standard InChI is InChI=1S/C12H22N2O3/c1-3-12(2,10(15)16)14-11(17)13-8-4-5-9-6-7-9/h9H,3-8H2,1-2H3,(H,15,16)(H2,13,14,17). The summed E-state index contributed by atoms with van der Waals surface area (Å²) >= 11 is 0. The summed E-state index contributed by atoms with van der Waals surface area (Å²) in [5.74, 6) is -0.145. The molecule has 1 aliphatic carbocycles. The first-order valence-electron chi connectivity index (χ1n) is 6.27. The van der Waals surface area contributed by atoms with E-state index in [2.05, 4.69) is 10.6 Å². The number of carboxylic acid groups (broad SMARTS) is 1. The van der Waals surface area contributed by atoms with Gasteiger partial charge in [-0.05, 0) is 32.1 Å². The zero-order valence-electron chi connectivity index (χ0n) is 10.6. The lowest BCUT2D eigenvalue weighted by Crippen LogP contribution is -2.54.